The third-order valence-electron chi connectivity index (χ3n) is 3.61. The molecule has 0 aliphatic heterocycles. The molecular formula is C16H29N3OS. The maximum atomic E-state index is 12.0. The number of rotatable bonds is 10. The number of carbonyl (C=O) groups excluding carboxylic acids is 1. The summed E-state index contributed by atoms with van der Waals surface area (Å²) in [5.41, 5.74) is 6.51. The molecule has 1 rings (SSSR count). The van der Waals surface area contributed by atoms with E-state index in [1.807, 2.05) is 13.0 Å². The molecule has 0 spiro atoms. The molecular weight excluding hydrogens is 282 g/mol. The van der Waals surface area contributed by atoms with E-state index >= 15 is 0 Å². The molecule has 0 aliphatic rings. The summed E-state index contributed by atoms with van der Waals surface area (Å²) in [7, 11) is 0. The van der Waals surface area contributed by atoms with Crippen molar-refractivity contribution in [2.45, 2.75) is 52.9 Å². The summed E-state index contributed by atoms with van der Waals surface area (Å²) in [5.74, 6) is 0.621. The fourth-order valence-corrected chi connectivity index (χ4v) is 3.08. The monoisotopic (exact) mass is 311 g/mol. The van der Waals surface area contributed by atoms with Crippen molar-refractivity contribution < 1.29 is 4.79 Å². The van der Waals surface area contributed by atoms with Crippen LogP contribution >= 0.6 is 11.3 Å². The molecule has 1 atom stereocenters. The minimum Gasteiger partial charge on any atom is -0.397 e. The molecule has 0 fully saturated rings. The number of nitrogens with one attached hydrogen (secondary N) is 2. The lowest BCUT2D eigenvalue weighted by Gasteiger charge is -2.14. The molecule has 0 saturated heterocycles. The van der Waals surface area contributed by atoms with Crippen LogP contribution in [-0.4, -0.2) is 19.0 Å². The highest BCUT2D eigenvalue weighted by atomic mass is 32.1. The number of anilines is 2. The van der Waals surface area contributed by atoms with Gasteiger partial charge in [-0.15, -0.1) is 11.3 Å². The predicted octanol–water partition coefficient (Wildman–Crippen LogP) is 4.10. The van der Waals surface area contributed by atoms with E-state index in [0.29, 0.717) is 23.0 Å². The van der Waals surface area contributed by atoms with Crippen LogP contribution in [0.4, 0.5) is 10.7 Å². The summed E-state index contributed by atoms with van der Waals surface area (Å²) in [6.07, 6.45) is 5.88. The second-order valence-electron chi connectivity index (χ2n) is 5.45. The van der Waals surface area contributed by atoms with Gasteiger partial charge in [0.25, 0.3) is 5.91 Å². The Bertz CT molecular complexity index is 431. The molecule has 0 aliphatic carbocycles. The number of hydrogen-bond acceptors (Lipinski definition) is 4. The van der Waals surface area contributed by atoms with Crippen molar-refractivity contribution >= 4 is 27.9 Å². The van der Waals surface area contributed by atoms with Crippen LogP contribution in [0.5, 0.6) is 0 Å². The molecule has 1 aromatic rings. The van der Waals surface area contributed by atoms with Gasteiger partial charge in [0.15, 0.2) is 0 Å². The second-order valence-corrected chi connectivity index (χ2v) is 6.50. The van der Waals surface area contributed by atoms with E-state index in [1.165, 1.54) is 37.0 Å². The Morgan fingerprint density at radius 1 is 1.33 bits per heavy atom. The van der Waals surface area contributed by atoms with Gasteiger partial charge in [0.1, 0.15) is 4.88 Å². The van der Waals surface area contributed by atoms with E-state index in [9.17, 15) is 4.79 Å². The minimum absolute atomic E-state index is 0.0644. The van der Waals surface area contributed by atoms with Crippen molar-refractivity contribution in [1.82, 2.24) is 5.32 Å². The molecule has 0 saturated carbocycles. The average molecular weight is 311 g/mol. The summed E-state index contributed by atoms with van der Waals surface area (Å²) in [4.78, 5) is 12.6. The van der Waals surface area contributed by atoms with Crippen molar-refractivity contribution in [1.29, 1.82) is 0 Å². The Hall–Kier alpha value is -1.23. The van der Waals surface area contributed by atoms with Crippen LogP contribution in [-0.2, 0) is 0 Å². The standard InChI is InChI=1S/C16H29N3OS/c1-4-7-8-12(6-3)11-19-14-10-13(17)15(21-14)16(20)18-9-5-2/h10,12,19H,4-9,11,17H2,1-3H3,(H,18,20). The van der Waals surface area contributed by atoms with Crippen molar-refractivity contribution in [3.63, 3.8) is 0 Å². The molecule has 0 aromatic carbocycles. The normalized spacial score (nSPS) is 12.1. The fraction of sp³-hybridized carbons (Fsp3) is 0.688. The van der Waals surface area contributed by atoms with Crippen LogP contribution in [0.3, 0.4) is 0 Å². The number of amides is 1. The molecule has 1 unspecified atom stereocenters. The third kappa shape index (κ3) is 5.96. The van der Waals surface area contributed by atoms with E-state index in [0.717, 1.165) is 18.0 Å². The van der Waals surface area contributed by atoms with E-state index < -0.39 is 0 Å². The molecule has 21 heavy (non-hydrogen) atoms. The van der Waals surface area contributed by atoms with E-state index in [-0.39, 0.29) is 5.91 Å². The molecule has 1 amide bonds. The SMILES string of the molecule is CCCCC(CC)CNc1cc(N)c(C(=O)NCCC)s1. The number of hydrogen-bond donors (Lipinski definition) is 3. The Labute approximate surface area is 132 Å². The van der Waals surface area contributed by atoms with Crippen LogP contribution < -0.4 is 16.4 Å². The van der Waals surface area contributed by atoms with Gasteiger partial charge in [-0.05, 0) is 24.8 Å². The van der Waals surface area contributed by atoms with Gasteiger partial charge in [0, 0.05) is 13.1 Å². The summed E-state index contributed by atoms with van der Waals surface area (Å²) in [6, 6.07) is 1.87. The van der Waals surface area contributed by atoms with Gasteiger partial charge in [-0.1, -0.05) is 40.0 Å². The first-order valence-electron chi connectivity index (χ1n) is 8.03. The molecule has 4 nitrogen and oxygen atoms in total. The van der Waals surface area contributed by atoms with Crippen LogP contribution in [0.25, 0.3) is 0 Å². The molecule has 5 heteroatoms. The van der Waals surface area contributed by atoms with Crippen LogP contribution in [0.1, 0.15) is 62.5 Å². The molecule has 0 bridgehead atoms. The topological polar surface area (TPSA) is 67.1 Å². The van der Waals surface area contributed by atoms with Crippen LogP contribution in [0.2, 0.25) is 0 Å². The van der Waals surface area contributed by atoms with Gasteiger partial charge in [-0.2, -0.15) is 0 Å². The Kier molecular flexibility index (Phi) is 8.20. The average Bonchev–Trinajstić information content (AvgIpc) is 2.86. The van der Waals surface area contributed by atoms with E-state index in [4.69, 9.17) is 5.73 Å². The number of unbranched alkanes of at least 4 members (excludes halogenated alkanes) is 1. The third-order valence-corrected chi connectivity index (χ3v) is 4.72. The molecule has 120 valence electrons. The predicted molar refractivity (Wildman–Crippen MR) is 93.2 cm³/mol. The number of nitrogen functional groups attached to an aromatic ring is 1. The lowest BCUT2D eigenvalue weighted by atomic mass is 9.99. The Balaban J connectivity index is 2.54. The van der Waals surface area contributed by atoms with Crippen molar-refractivity contribution in [2.24, 2.45) is 5.92 Å². The highest BCUT2D eigenvalue weighted by Crippen LogP contribution is 2.29. The summed E-state index contributed by atoms with van der Waals surface area (Å²) in [5, 5.41) is 7.30. The van der Waals surface area contributed by atoms with Crippen molar-refractivity contribution in [3.05, 3.63) is 10.9 Å². The quantitative estimate of drug-likeness (QED) is 0.609. The van der Waals surface area contributed by atoms with Gasteiger partial charge in [-0.25, -0.2) is 0 Å². The summed E-state index contributed by atoms with van der Waals surface area (Å²) >= 11 is 1.45. The molecule has 1 heterocycles. The Morgan fingerprint density at radius 3 is 2.71 bits per heavy atom. The first kappa shape index (κ1) is 17.8. The van der Waals surface area contributed by atoms with E-state index in [2.05, 4.69) is 24.5 Å². The molecule has 4 N–H and O–H groups in total. The molecule has 1 aromatic heterocycles. The van der Waals surface area contributed by atoms with Gasteiger partial charge < -0.3 is 16.4 Å². The van der Waals surface area contributed by atoms with Gasteiger partial charge >= 0.3 is 0 Å². The number of thiophene rings is 1. The maximum absolute atomic E-state index is 12.0. The lowest BCUT2D eigenvalue weighted by molar-refractivity contribution is 0.0958. The lowest BCUT2D eigenvalue weighted by Crippen LogP contribution is -2.23. The highest BCUT2D eigenvalue weighted by molar-refractivity contribution is 7.18. The first-order valence-corrected chi connectivity index (χ1v) is 8.85. The van der Waals surface area contributed by atoms with E-state index in [1.54, 1.807) is 0 Å². The minimum atomic E-state index is -0.0644. The zero-order chi connectivity index (χ0) is 15.7. The first-order chi connectivity index (χ1) is 10.1. The fourth-order valence-electron chi connectivity index (χ4n) is 2.18. The number of nitrogens with two attached hydrogens (primary N) is 1. The van der Waals surface area contributed by atoms with Gasteiger partial charge in [0.2, 0.25) is 0 Å². The number of carbonyl (C=O) groups is 1. The second kappa shape index (κ2) is 9.66. The molecule has 0 radical (unpaired) electrons. The van der Waals surface area contributed by atoms with Gasteiger partial charge in [-0.3, -0.25) is 4.79 Å². The van der Waals surface area contributed by atoms with Crippen LogP contribution in [0, 0.1) is 5.92 Å². The Morgan fingerprint density at radius 2 is 2.10 bits per heavy atom. The van der Waals surface area contributed by atoms with Crippen molar-refractivity contribution in [3.8, 4) is 0 Å². The maximum Gasteiger partial charge on any atom is 0.263 e. The zero-order valence-corrected chi connectivity index (χ0v) is 14.3. The highest BCUT2D eigenvalue weighted by Gasteiger charge is 2.14. The largest absolute Gasteiger partial charge is 0.397 e. The van der Waals surface area contributed by atoms with Gasteiger partial charge in [0.05, 0.1) is 10.7 Å². The summed E-state index contributed by atoms with van der Waals surface area (Å²) < 4.78 is 0. The zero-order valence-electron chi connectivity index (χ0n) is 13.5. The smallest absolute Gasteiger partial charge is 0.263 e. The van der Waals surface area contributed by atoms with Crippen LogP contribution in [0.15, 0.2) is 6.07 Å². The summed E-state index contributed by atoms with van der Waals surface area (Å²) in [6.45, 7) is 8.13. The van der Waals surface area contributed by atoms with Crippen molar-refractivity contribution in [2.75, 3.05) is 24.1 Å².